The first kappa shape index (κ1) is 18.9. The minimum absolute atomic E-state index is 0.0747. The highest BCUT2D eigenvalue weighted by Crippen LogP contribution is 2.30. The quantitative estimate of drug-likeness (QED) is 0.650. The van der Waals surface area contributed by atoms with Gasteiger partial charge in [0.15, 0.2) is 0 Å². The van der Waals surface area contributed by atoms with Crippen LogP contribution in [0.1, 0.15) is 12.0 Å². The SMILES string of the molecule is O=C(C1CC(=O)N(c2ccccc2F)C1)N(Cc1ccccc1)c1ccccc1. The molecule has 1 unspecified atom stereocenters. The molecule has 2 amide bonds. The van der Waals surface area contributed by atoms with Crippen LogP contribution in [0, 0.1) is 11.7 Å². The average molecular weight is 388 g/mol. The molecule has 1 heterocycles. The van der Waals surface area contributed by atoms with E-state index in [4.69, 9.17) is 0 Å². The van der Waals surface area contributed by atoms with Gasteiger partial charge in [-0.05, 0) is 29.8 Å². The van der Waals surface area contributed by atoms with Gasteiger partial charge >= 0.3 is 0 Å². The number of para-hydroxylation sites is 2. The van der Waals surface area contributed by atoms with Gasteiger partial charge in [0.1, 0.15) is 5.82 Å². The van der Waals surface area contributed by atoms with Gasteiger partial charge in [0.2, 0.25) is 11.8 Å². The molecular formula is C24H21FN2O2. The molecule has 1 atom stereocenters. The van der Waals surface area contributed by atoms with Crippen LogP contribution in [-0.4, -0.2) is 18.4 Å². The van der Waals surface area contributed by atoms with E-state index in [0.29, 0.717) is 6.54 Å². The predicted molar refractivity (Wildman–Crippen MR) is 111 cm³/mol. The maximum Gasteiger partial charge on any atom is 0.232 e. The van der Waals surface area contributed by atoms with Crippen molar-refractivity contribution in [2.75, 3.05) is 16.3 Å². The molecule has 0 radical (unpaired) electrons. The lowest BCUT2D eigenvalue weighted by molar-refractivity contribution is -0.124. The molecule has 1 fully saturated rings. The molecule has 0 bridgehead atoms. The predicted octanol–water partition coefficient (Wildman–Crippen LogP) is 4.41. The second kappa shape index (κ2) is 8.27. The van der Waals surface area contributed by atoms with Crippen LogP contribution in [0.2, 0.25) is 0 Å². The Balaban J connectivity index is 1.59. The Morgan fingerprint density at radius 2 is 1.55 bits per heavy atom. The van der Waals surface area contributed by atoms with Crippen molar-refractivity contribution in [3.63, 3.8) is 0 Å². The highest BCUT2D eigenvalue weighted by Gasteiger charge is 2.38. The number of rotatable bonds is 5. The molecule has 1 aliphatic rings. The molecule has 0 saturated carbocycles. The highest BCUT2D eigenvalue weighted by molar-refractivity contribution is 6.04. The first-order valence-electron chi connectivity index (χ1n) is 9.59. The average Bonchev–Trinajstić information content (AvgIpc) is 3.15. The van der Waals surface area contributed by atoms with Crippen molar-refractivity contribution in [2.45, 2.75) is 13.0 Å². The zero-order valence-corrected chi connectivity index (χ0v) is 15.9. The second-order valence-electron chi connectivity index (χ2n) is 7.10. The van der Waals surface area contributed by atoms with Crippen molar-refractivity contribution in [3.8, 4) is 0 Å². The zero-order valence-electron chi connectivity index (χ0n) is 15.9. The standard InChI is InChI=1S/C24H21FN2O2/c25-21-13-7-8-14-22(21)27-17-19(15-23(27)28)24(29)26(20-11-5-2-6-12-20)16-18-9-3-1-4-10-18/h1-14,19H,15-17H2. The minimum atomic E-state index is -0.522. The fourth-order valence-electron chi connectivity index (χ4n) is 3.67. The Morgan fingerprint density at radius 1 is 0.931 bits per heavy atom. The van der Waals surface area contributed by atoms with Gasteiger partial charge in [-0.2, -0.15) is 0 Å². The van der Waals surface area contributed by atoms with Gasteiger partial charge in [-0.25, -0.2) is 4.39 Å². The number of benzene rings is 3. The first-order chi connectivity index (χ1) is 14.1. The van der Waals surface area contributed by atoms with Crippen molar-refractivity contribution in [3.05, 3.63) is 96.3 Å². The van der Waals surface area contributed by atoms with Crippen molar-refractivity contribution in [1.82, 2.24) is 0 Å². The third-order valence-electron chi connectivity index (χ3n) is 5.13. The van der Waals surface area contributed by atoms with E-state index >= 15 is 0 Å². The van der Waals surface area contributed by atoms with E-state index in [-0.39, 0.29) is 30.5 Å². The Kier molecular flexibility index (Phi) is 5.38. The maximum absolute atomic E-state index is 14.2. The van der Waals surface area contributed by atoms with Gasteiger partial charge < -0.3 is 9.80 Å². The molecule has 3 aromatic rings. The summed E-state index contributed by atoms with van der Waals surface area (Å²) in [5, 5.41) is 0. The summed E-state index contributed by atoms with van der Waals surface area (Å²) >= 11 is 0. The Morgan fingerprint density at radius 3 is 2.24 bits per heavy atom. The van der Waals surface area contributed by atoms with Crippen LogP contribution in [0.4, 0.5) is 15.8 Å². The second-order valence-corrected chi connectivity index (χ2v) is 7.10. The molecule has 1 aliphatic heterocycles. The normalized spacial score (nSPS) is 16.1. The summed E-state index contributed by atoms with van der Waals surface area (Å²) in [6, 6.07) is 25.3. The first-order valence-corrected chi connectivity index (χ1v) is 9.59. The fraction of sp³-hybridized carbons (Fsp3) is 0.167. The third kappa shape index (κ3) is 4.04. The summed E-state index contributed by atoms with van der Waals surface area (Å²) in [6.45, 7) is 0.588. The van der Waals surface area contributed by atoms with E-state index in [1.54, 1.807) is 23.1 Å². The van der Waals surface area contributed by atoms with Crippen molar-refractivity contribution in [1.29, 1.82) is 0 Å². The van der Waals surface area contributed by atoms with Crippen LogP contribution in [0.5, 0.6) is 0 Å². The molecule has 0 spiro atoms. The summed E-state index contributed by atoms with van der Waals surface area (Å²) in [7, 11) is 0. The van der Waals surface area contributed by atoms with E-state index < -0.39 is 11.7 Å². The summed E-state index contributed by atoms with van der Waals surface area (Å²) in [5.41, 5.74) is 2.00. The largest absolute Gasteiger partial charge is 0.309 e. The molecule has 1 saturated heterocycles. The molecule has 3 aromatic carbocycles. The van der Waals surface area contributed by atoms with Crippen molar-refractivity contribution < 1.29 is 14.0 Å². The number of halogens is 1. The monoisotopic (exact) mass is 388 g/mol. The number of carbonyl (C=O) groups excluding carboxylic acids is 2. The van der Waals surface area contributed by atoms with Crippen LogP contribution >= 0.6 is 0 Å². The van der Waals surface area contributed by atoms with E-state index in [1.165, 1.54) is 11.0 Å². The van der Waals surface area contributed by atoms with Crippen molar-refractivity contribution >= 4 is 23.2 Å². The zero-order chi connectivity index (χ0) is 20.2. The van der Waals surface area contributed by atoms with Crippen LogP contribution < -0.4 is 9.80 Å². The third-order valence-corrected chi connectivity index (χ3v) is 5.13. The Labute approximate surface area is 169 Å². The lowest BCUT2D eigenvalue weighted by Crippen LogP contribution is -2.37. The Hall–Kier alpha value is -3.47. The number of amides is 2. The van der Waals surface area contributed by atoms with E-state index in [9.17, 15) is 14.0 Å². The molecule has 29 heavy (non-hydrogen) atoms. The summed E-state index contributed by atoms with van der Waals surface area (Å²) in [6.07, 6.45) is 0.0747. The fourth-order valence-corrected chi connectivity index (χ4v) is 3.67. The molecule has 0 aromatic heterocycles. The molecule has 4 nitrogen and oxygen atoms in total. The molecule has 0 aliphatic carbocycles. The number of hydrogen-bond acceptors (Lipinski definition) is 2. The number of nitrogens with zero attached hydrogens (tertiary/aromatic N) is 2. The smallest absolute Gasteiger partial charge is 0.232 e. The van der Waals surface area contributed by atoms with Gasteiger partial charge in [0.25, 0.3) is 0 Å². The number of hydrogen-bond donors (Lipinski definition) is 0. The Bertz CT molecular complexity index is 1010. The van der Waals surface area contributed by atoms with Crippen LogP contribution in [0.15, 0.2) is 84.9 Å². The maximum atomic E-state index is 14.2. The number of carbonyl (C=O) groups is 2. The van der Waals surface area contributed by atoms with Crippen LogP contribution in [-0.2, 0) is 16.1 Å². The minimum Gasteiger partial charge on any atom is -0.309 e. The van der Waals surface area contributed by atoms with Gasteiger partial charge in [0.05, 0.1) is 18.2 Å². The van der Waals surface area contributed by atoms with Crippen LogP contribution in [0.3, 0.4) is 0 Å². The molecular weight excluding hydrogens is 367 g/mol. The van der Waals surface area contributed by atoms with Crippen LogP contribution in [0.25, 0.3) is 0 Å². The number of anilines is 2. The van der Waals surface area contributed by atoms with Gasteiger partial charge in [-0.15, -0.1) is 0 Å². The van der Waals surface area contributed by atoms with Gasteiger partial charge in [0, 0.05) is 18.7 Å². The topological polar surface area (TPSA) is 40.6 Å². The molecule has 4 rings (SSSR count). The van der Waals surface area contributed by atoms with E-state index in [2.05, 4.69) is 0 Å². The lowest BCUT2D eigenvalue weighted by atomic mass is 10.1. The highest BCUT2D eigenvalue weighted by atomic mass is 19.1. The van der Waals surface area contributed by atoms with Crippen molar-refractivity contribution in [2.24, 2.45) is 5.92 Å². The van der Waals surface area contributed by atoms with Gasteiger partial charge in [-0.3, -0.25) is 9.59 Å². The summed E-state index contributed by atoms with van der Waals surface area (Å²) in [5.74, 6) is -1.35. The van der Waals surface area contributed by atoms with E-state index in [1.807, 2.05) is 60.7 Å². The van der Waals surface area contributed by atoms with E-state index in [0.717, 1.165) is 11.3 Å². The summed E-state index contributed by atoms with van der Waals surface area (Å²) < 4.78 is 14.2. The van der Waals surface area contributed by atoms with Gasteiger partial charge in [-0.1, -0.05) is 60.7 Å². The molecule has 0 N–H and O–H groups in total. The summed E-state index contributed by atoms with van der Waals surface area (Å²) in [4.78, 5) is 29.0. The molecule has 146 valence electrons. The molecule has 5 heteroatoms. The lowest BCUT2D eigenvalue weighted by Gasteiger charge is -2.26.